The van der Waals surface area contributed by atoms with Crippen LogP contribution >= 0.6 is 0 Å². The fourth-order valence-electron chi connectivity index (χ4n) is 1.67. The Morgan fingerprint density at radius 1 is 1.22 bits per heavy atom. The zero-order valence-corrected chi connectivity index (χ0v) is 10.8. The van der Waals surface area contributed by atoms with Crippen molar-refractivity contribution in [1.29, 1.82) is 5.26 Å². The smallest absolute Gasteiger partial charge is 0.148 e. The van der Waals surface area contributed by atoms with Crippen molar-refractivity contribution in [1.82, 2.24) is 9.97 Å². The number of hydrogen-bond acceptors (Lipinski definition) is 3. The van der Waals surface area contributed by atoms with Gasteiger partial charge in [0.05, 0.1) is 11.8 Å². The molecule has 0 saturated carbocycles. The average Bonchev–Trinajstić information content (AvgIpc) is 2.39. The monoisotopic (exact) mass is 237 g/mol. The number of benzene rings is 1. The van der Waals surface area contributed by atoms with Gasteiger partial charge in [-0.2, -0.15) is 5.26 Å². The Kier molecular flexibility index (Phi) is 3.12. The van der Waals surface area contributed by atoms with Gasteiger partial charge in [0, 0.05) is 11.8 Å². The third-order valence-electron chi connectivity index (χ3n) is 2.81. The second-order valence-electron chi connectivity index (χ2n) is 4.87. The molecule has 0 unspecified atom stereocenters. The maximum atomic E-state index is 9.12. The van der Waals surface area contributed by atoms with E-state index in [1.807, 2.05) is 45.0 Å². The van der Waals surface area contributed by atoms with Crippen molar-refractivity contribution in [3.8, 4) is 17.3 Å². The average molecular weight is 237 g/mol. The van der Waals surface area contributed by atoms with Crippen LogP contribution in [0, 0.1) is 18.3 Å². The van der Waals surface area contributed by atoms with E-state index in [9.17, 15) is 0 Å². The summed E-state index contributed by atoms with van der Waals surface area (Å²) in [6.45, 7) is 5.69. The van der Waals surface area contributed by atoms with Gasteiger partial charge in [-0.05, 0) is 32.9 Å². The van der Waals surface area contributed by atoms with Gasteiger partial charge in [-0.3, -0.25) is 0 Å². The highest BCUT2D eigenvalue weighted by molar-refractivity contribution is 5.59. The van der Waals surface area contributed by atoms with Crippen molar-refractivity contribution in [2.75, 3.05) is 0 Å². The molecule has 1 aromatic heterocycles. The van der Waals surface area contributed by atoms with Crippen molar-refractivity contribution >= 4 is 0 Å². The van der Waals surface area contributed by atoms with E-state index in [-0.39, 0.29) is 0 Å². The van der Waals surface area contributed by atoms with Crippen LogP contribution in [0.5, 0.6) is 0 Å². The Hall–Kier alpha value is -2.21. The summed E-state index contributed by atoms with van der Waals surface area (Å²) in [5.41, 5.74) is 2.42. The van der Waals surface area contributed by atoms with Gasteiger partial charge in [0.1, 0.15) is 11.2 Å². The second-order valence-corrected chi connectivity index (χ2v) is 4.87. The SMILES string of the molecule is Cc1cccc(-c2ccnc(C(C)(C)C#N)n2)c1. The molecule has 2 aromatic rings. The van der Waals surface area contributed by atoms with Gasteiger partial charge in [-0.25, -0.2) is 9.97 Å². The fourth-order valence-corrected chi connectivity index (χ4v) is 1.67. The highest BCUT2D eigenvalue weighted by Crippen LogP contribution is 2.22. The first-order valence-corrected chi connectivity index (χ1v) is 5.85. The zero-order chi connectivity index (χ0) is 13.2. The van der Waals surface area contributed by atoms with Crippen LogP contribution in [0.2, 0.25) is 0 Å². The van der Waals surface area contributed by atoms with E-state index in [4.69, 9.17) is 5.26 Å². The van der Waals surface area contributed by atoms with E-state index in [2.05, 4.69) is 22.1 Å². The van der Waals surface area contributed by atoms with Crippen LogP contribution in [-0.2, 0) is 5.41 Å². The lowest BCUT2D eigenvalue weighted by molar-refractivity contribution is 0.630. The van der Waals surface area contributed by atoms with Crippen molar-refractivity contribution < 1.29 is 0 Å². The Morgan fingerprint density at radius 3 is 2.67 bits per heavy atom. The number of nitriles is 1. The van der Waals surface area contributed by atoms with Crippen LogP contribution in [-0.4, -0.2) is 9.97 Å². The number of aromatic nitrogens is 2. The normalized spacial score (nSPS) is 11.0. The molecule has 2 rings (SSSR count). The van der Waals surface area contributed by atoms with Gasteiger partial charge in [0.15, 0.2) is 0 Å². The molecular weight excluding hydrogens is 222 g/mol. The Balaban J connectivity index is 2.49. The van der Waals surface area contributed by atoms with Crippen LogP contribution in [0.3, 0.4) is 0 Å². The molecule has 3 nitrogen and oxygen atoms in total. The summed E-state index contributed by atoms with van der Waals surface area (Å²) in [5, 5.41) is 9.12. The van der Waals surface area contributed by atoms with E-state index < -0.39 is 5.41 Å². The van der Waals surface area contributed by atoms with Gasteiger partial charge in [0.25, 0.3) is 0 Å². The van der Waals surface area contributed by atoms with E-state index in [1.165, 1.54) is 5.56 Å². The summed E-state index contributed by atoms with van der Waals surface area (Å²) in [4.78, 5) is 8.69. The van der Waals surface area contributed by atoms with Crippen molar-refractivity contribution in [2.24, 2.45) is 0 Å². The van der Waals surface area contributed by atoms with Gasteiger partial charge < -0.3 is 0 Å². The Labute approximate surface area is 107 Å². The lowest BCUT2D eigenvalue weighted by Gasteiger charge is -2.14. The van der Waals surface area contributed by atoms with Crippen LogP contribution in [0.15, 0.2) is 36.5 Å². The molecule has 0 saturated heterocycles. The summed E-state index contributed by atoms with van der Waals surface area (Å²) in [7, 11) is 0. The highest BCUT2D eigenvalue weighted by atomic mass is 14.9. The molecule has 0 fully saturated rings. The molecular formula is C15H15N3. The molecule has 90 valence electrons. The van der Waals surface area contributed by atoms with Crippen molar-refractivity contribution in [3.63, 3.8) is 0 Å². The quantitative estimate of drug-likeness (QED) is 0.805. The molecule has 1 heterocycles. The van der Waals surface area contributed by atoms with Gasteiger partial charge in [0.2, 0.25) is 0 Å². The standard InChI is InChI=1S/C15H15N3/c1-11-5-4-6-12(9-11)13-7-8-17-14(18-13)15(2,3)10-16/h4-9H,1-3H3. The summed E-state index contributed by atoms with van der Waals surface area (Å²) < 4.78 is 0. The van der Waals surface area contributed by atoms with E-state index in [1.54, 1.807) is 6.20 Å². The van der Waals surface area contributed by atoms with Crippen LogP contribution < -0.4 is 0 Å². The molecule has 0 aliphatic rings. The zero-order valence-electron chi connectivity index (χ0n) is 10.8. The number of rotatable bonds is 2. The predicted octanol–water partition coefficient (Wildman–Crippen LogP) is 3.25. The lowest BCUT2D eigenvalue weighted by Crippen LogP contribution is -2.18. The van der Waals surface area contributed by atoms with Gasteiger partial charge >= 0.3 is 0 Å². The first-order valence-electron chi connectivity index (χ1n) is 5.85. The largest absolute Gasteiger partial charge is 0.240 e. The van der Waals surface area contributed by atoms with Crippen molar-refractivity contribution in [3.05, 3.63) is 47.9 Å². The maximum absolute atomic E-state index is 9.12. The van der Waals surface area contributed by atoms with Crippen LogP contribution in [0.4, 0.5) is 0 Å². The number of nitrogens with zero attached hydrogens (tertiary/aromatic N) is 3. The molecule has 0 bridgehead atoms. The van der Waals surface area contributed by atoms with Gasteiger partial charge in [-0.1, -0.05) is 23.8 Å². The minimum Gasteiger partial charge on any atom is -0.240 e. The molecule has 0 aliphatic carbocycles. The summed E-state index contributed by atoms with van der Waals surface area (Å²) in [5.74, 6) is 0.559. The molecule has 0 atom stereocenters. The molecule has 3 heteroatoms. The van der Waals surface area contributed by atoms with E-state index >= 15 is 0 Å². The molecule has 0 radical (unpaired) electrons. The van der Waals surface area contributed by atoms with Crippen LogP contribution in [0.25, 0.3) is 11.3 Å². The minimum atomic E-state index is -0.667. The topological polar surface area (TPSA) is 49.6 Å². The number of hydrogen-bond donors (Lipinski definition) is 0. The molecule has 0 aliphatic heterocycles. The molecule has 0 amide bonds. The van der Waals surface area contributed by atoms with Crippen molar-refractivity contribution in [2.45, 2.75) is 26.2 Å². The molecule has 1 aromatic carbocycles. The number of aryl methyl sites for hydroxylation is 1. The Bertz CT molecular complexity index is 609. The minimum absolute atomic E-state index is 0.559. The Morgan fingerprint density at radius 2 is 2.00 bits per heavy atom. The second kappa shape index (κ2) is 4.58. The lowest BCUT2D eigenvalue weighted by atomic mass is 9.94. The molecule has 0 N–H and O–H groups in total. The van der Waals surface area contributed by atoms with Gasteiger partial charge in [-0.15, -0.1) is 0 Å². The summed E-state index contributed by atoms with van der Waals surface area (Å²) in [6.07, 6.45) is 1.71. The van der Waals surface area contributed by atoms with Crippen LogP contribution in [0.1, 0.15) is 25.2 Å². The predicted molar refractivity (Wildman–Crippen MR) is 70.8 cm³/mol. The summed E-state index contributed by atoms with van der Waals surface area (Å²) >= 11 is 0. The maximum Gasteiger partial charge on any atom is 0.148 e. The molecule has 0 spiro atoms. The first-order chi connectivity index (χ1) is 8.53. The third-order valence-corrected chi connectivity index (χ3v) is 2.81. The first kappa shape index (κ1) is 12.3. The van der Waals surface area contributed by atoms with E-state index in [0.29, 0.717) is 5.82 Å². The third kappa shape index (κ3) is 2.38. The van der Waals surface area contributed by atoms with E-state index in [0.717, 1.165) is 11.3 Å². The fraction of sp³-hybridized carbons (Fsp3) is 0.267. The highest BCUT2D eigenvalue weighted by Gasteiger charge is 2.23. The summed E-state index contributed by atoms with van der Waals surface area (Å²) in [6, 6.07) is 12.2. The molecule has 18 heavy (non-hydrogen) atoms.